The van der Waals surface area contributed by atoms with Crippen molar-refractivity contribution in [3.63, 3.8) is 0 Å². The van der Waals surface area contributed by atoms with Gasteiger partial charge in [0.15, 0.2) is 0 Å². The Morgan fingerprint density at radius 2 is 1.70 bits per heavy atom. The van der Waals surface area contributed by atoms with Crippen molar-refractivity contribution in [2.24, 2.45) is 5.92 Å². The first-order valence-corrected chi connectivity index (χ1v) is 6.66. The number of hydrogen-bond acceptors (Lipinski definition) is 5. The fourth-order valence-corrected chi connectivity index (χ4v) is 2.96. The maximum absolute atomic E-state index is 12.3. The summed E-state index contributed by atoms with van der Waals surface area (Å²) >= 11 is 0. The minimum atomic E-state index is -0.716. The number of carbonyl (C=O) groups is 3. The molecule has 2 amide bonds. The third-order valence-electron chi connectivity index (χ3n) is 4.21. The lowest BCUT2D eigenvalue weighted by atomic mass is 9.87. The maximum atomic E-state index is 12.3. The van der Waals surface area contributed by atoms with Crippen LogP contribution in [0.4, 0.5) is 0 Å². The van der Waals surface area contributed by atoms with Gasteiger partial charge in [-0.3, -0.25) is 9.59 Å². The molecule has 2 aliphatic rings. The molecule has 2 saturated heterocycles. The van der Waals surface area contributed by atoms with E-state index in [2.05, 4.69) is 0 Å². The summed E-state index contributed by atoms with van der Waals surface area (Å²) < 4.78 is 0. The van der Waals surface area contributed by atoms with E-state index in [4.69, 9.17) is 10.0 Å². The summed E-state index contributed by atoms with van der Waals surface area (Å²) in [5.74, 6) is -2.15. The Labute approximate surface area is 117 Å². The van der Waals surface area contributed by atoms with Gasteiger partial charge >= 0.3 is 5.97 Å². The predicted octanol–water partition coefficient (Wildman–Crippen LogP) is 0.112. The molecule has 0 aliphatic carbocycles. The Hall–Kier alpha value is -1.47. The molecule has 0 aromatic rings. The first-order chi connectivity index (χ1) is 9.07. The SMILES string of the molecule is CC1(C)CC(C(=O)ON2C(=O)CCC2=O)C(C)(C)N1[OH2+]. The first-order valence-electron chi connectivity index (χ1n) is 6.66. The predicted molar refractivity (Wildman–Crippen MR) is 68.9 cm³/mol. The van der Waals surface area contributed by atoms with Crippen molar-refractivity contribution in [3.8, 4) is 0 Å². The second-order valence-corrected chi connectivity index (χ2v) is 6.55. The highest BCUT2D eigenvalue weighted by Crippen LogP contribution is 2.44. The summed E-state index contributed by atoms with van der Waals surface area (Å²) in [6, 6.07) is 0. The third-order valence-corrected chi connectivity index (χ3v) is 4.21. The van der Waals surface area contributed by atoms with Crippen LogP contribution in [0.3, 0.4) is 0 Å². The summed E-state index contributed by atoms with van der Waals surface area (Å²) in [6.07, 6.45) is 0.602. The van der Waals surface area contributed by atoms with Crippen LogP contribution in [0, 0.1) is 5.92 Å². The lowest BCUT2D eigenvalue weighted by Gasteiger charge is -2.30. The molecule has 2 heterocycles. The number of rotatable bonds is 2. The molecule has 0 spiro atoms. The van der Waals surface area contributed by atoms with Crippen molar-refractivity contribution in [2.45, 2.75) is 58.0 Å². The Morgan fingerprint density at radius 3 is 2.10 bits per heavy atom. The van der Waals surface area contributed by atoms with Crippen molar-refractivity contribution in [1.82, 2.24) is 10.1 Å². The standard InChI is InChI=1S/C13H20N2O5/c1-12(2)7-8(13(3,4)15(12)19)11(18)20-14-9(16)5-6-10(14)17/h8,19H,5-7H2,1-4H3/p+1. The minimum Gasteiger partial charge on any atom is -0.338 e. The van der Waals surface area contributed by atoms with Crippen molar-refractivity contribution in [3.05, 3.63) is 0 Å². The molecule has 2 aliphatic heterocycles. The van der Waals surface area contributed by atoms with Crippen LogP contribution in [0.2, 0.25) is 0 Å². The van der Waals surface area contributed by atoms with Gasteiger partial charge in [-0.1, -0.05) is 5.06 Å². The van der Waals surface area contributed by atoms with Crippen molar-refractivity contribution in [2.75, 3.05) is 0 Å². The Balaban J connectivity index is 2.14. The highest BCUT2D eigenvalue weighted by molar-refractivity contribution is 6.01. The molecule has 0 aromatic heterocycles. The van der Waals surface area contributed by atoms with Gasteiger partial charge in [0, 0.05) is 12.8 Å². The molecule has 20 heavy (non-hydrogen) atoms. The average molecular weight is 285 g/mol. The smallest absolute Gasteiger partial charge is 0.338 e. The fraction of sp³-hybridized carbons (Fsp3) is 0.769. The van der Waals surface area contributed by atoms with E-state index in [-0.39, 0.29) is 12.8 Å². The zero-order valence-electron chi connectivity index (χ0n) is 12.2. The normalized spacial score (nSPS) is 29.1. The van der Waals surface area contributed by atoms with Gasteiger partial charge in [-0.15, -0.1) is 5.06 Å². The zero-order chi connectivity index (χ0) is 15.3. The molecule has 7 nitrogen and oxygen atoms in total. The zero-order valence-corrected chi connectivity index (χ0v) is 12.2. The lowest BCUT2D eigenvalue weighted by Crippen LogP contribution is -2.49. The number of nitrogens with zero attached hydrogens (tertiary/aromatic N) is 2. The topological polar surface area (TPSA) is 89.8 Å². The number of amides is 2. The van der Waals surface area contributed by atoms with Crippen LogP contribution in [0.25, 0.3) is 0 Å². The highest BCUT2D eigenvalue weighted by Gasteiger charge is 2.58. The van der Waals surface area contributed by atoms with Gasteiger partial charge in [-0.2, -0.15) is 0 Å². The largest absolute Gasteiger partial charge is 0.338 e. The Morgan fingerprint density at radius 1 is 1.20 bits per heavy atom. The van der Waals surface area contributed by atoms with E-state index < -0.39 is 34.8 Å². The minimum absolute atomic E-state index is 0.0796. The molecule has 0 bridgehead atoms. The van der Waals surface area contributed by atoms with Gasteiger partial charge in [0.25, 0.3) is 11.8 Å². The first kappa shape index (κ1) is 14.9. The van der Waals surface area contributed by atoms with Gasteiger partial charge in [0.05, 0.1) is 17.0 Å². The van der Waals surface area contributed by atoms with Crippen LogP contribution in [-0.2, 0) is 19.2 Å². The molecule has 2 rings (SSSR count). The molecular weight excluding hydrogens is 264 g/mol. The summed E-state index contributed by atoms with van der Waals surface area (Å²) in [5, 5.41) is 10.1. The van der Waals surface area contributed by atoms with Gasteiger partial charge in [0.2, 0.25) is 0 Å². The van der Waals surface area contributed by atoms with E-state index in [0.717, 1.165) is 0 Å². The van der Waals surface area contributed by atoms with Crippen LogP contribution in [0.1, 0.15) is 47.0 Å². The van der Waals surface area contributed by atoms with E-state index in [0.29, 0.717) is 11.5 Å². The van der Waals surface area contributed by atoms with Gasteiger partial charge < -0.3 is 10.0 Å². The molecule has 1 unspecified atom stereocenters. The number of imide groups is 1. The summed E-state index contributed by atoms with van der Waals surface area (Å²) in [4.78, 5) is 40.2. The van der Waals surface area contributed by atoms with Crippen LogP contribution in [0.15, 0.2) is 0 Å². The summed E-state index contributed by atoms with van der Waals surface area (Å²) in [6.45, 7) is 7.32. The number of carbonyl (C=O) groups excluding carboxylic acids is 3. The van der Waals surface area contributed by atoms with Crippen molar-refractivity contribution >= 4 is 17.8 Å². The molecular formula is C13H21N2O5+. The van der Waals surface area contributed by atoms with E-state index >= 15 is 0 Å². The van der Waals surface area contributed by atoms with E-state index in [9.17, 15) is 14.4 Å². The lowest BCUT2D eigenvalue weighted by molar-refractivity contribution is -0.213. The van der Waals surface area contributed by atoms with E-state index in [1.165, 1.54) is 5.06 Å². The van der Waals surface area contributed by atoms with Crippen LogP contribution in [0.5, 0.6) is 0 Å². The van der Waals surface area contributed by atoms with E-state index in [1.807, 2.05) is 13.8 Å². The number of hydroxylamine groups is 4. The Kier molecular flexibility index (Phi) is 3.38. The van der Waals surface area contributed by atoms with Crippen LogP contribution < -0.4 is 0 Å². The quantitative estimate of drug-likeness (QED) is 0.530. The summed E-state index contributed by atoms with van der Waals surface area (Å²) in [5.41, 5.74) is -1.18. The second-order valence-electron chi connectivity index (χ2n) is 6.55. The third kappa shape index (κ3) is 2.20. The fourth-order valence-electron chi connectivity index (χ4n) is 2.96. The molecule has 0 saturated carbocycles. The molecule has 1 atom stereocenters. The molecule has 0 radical (unpaired) electrons. The molecule has 0 aromatic carbocycles. The maximum Gasteiger partial charge on any atom is 0.338 e. The number of hydrogen-bond donors (Lipinski definition) is 0. The molecule has 7 heteroatoms. The van der Waals surface area contributed by atoms with Crippen molar-refractivity contribution in [1.29, 1.82) is 0 Å². The van der Waals surface area contributed by atoms with Crippen molar-refractivity contribution < 1.29 is 24.4 Å². The highest BCUT2D eigenvalue weighted by atomic mass is 16.7. The average Bonchev–Trinajstić information content (AvgIpc) is 2.73. The summed E-state index contributed by atoms with van der Waals surface area (Å²) in [7, 11) is 0. The molecule has 112 valence electrons. The van der Waals surface area contributed by atoms with E-state index in [1.54, 1.807) is 13.8 Å². The van der Waals surface area contributed by atoms with Gasteiger partial charge in [0.1, 0.15) is 0 Å². The Bertz CT molecular complexity index is 455. The molecule has 2 fully saturated rings. The second kappa shape index (κ2) is 4.53. The monoisotopic (exact) mass is 285 g/mol. The van der Waals surface area contributed by atoms with Gasteiger partial charge in [-0.05, 0) is 34.1 Å². The van der Waals surface area contributed by atoms with Crippen LogP contribution in [-0.4, -0.2) is 44.2 Å². The van der Waals surface area contributed by atoms with Crippen LogP contribution >= 0.6 is 0 Å². The molecule has 2 N–H and O–H groups in total. The van der Waals surface area contributed by atoms with Gasteiger partial charge in [-0.25, -0.2) is 4.79 Å².